The summed E-state index contributed by atoms with van der Waals surface area (Å²) in [5.74, 6) is 1.03. The third kappa shape index (κ3) is 4.41. The third-order valence-electron chi connectivity index (χ3n) is 3.80. The summed E-state index contributed by atoms with van der Waals surface area (Å²) in [4.78, 5) is 14.3. The summed E-state index contributed by atoms with van der Waals surface area (Å²) in [6.07, 6.45) is 0.784. The minimum Gasteiger partial charge on any atom is -0.493 e. The van der Waals surface area contributed by atoms with E-state index >= 15 is 0 Å². The molecule has 24 heavy (non-hydrogen) atoms. The van der Waals surface area contributed by atoms with Gasteiger partial charge in [-0.25, -0.2) is 0 Å². The van der Waals surface area contributed by atoms with E-state index < -0.39 is 0 Å². The zero-order valence-electron chi connectivity index (χ0n) is 14.6. The molecule has 0 aliphatic heterocycles. The molecule has 0 bridgehead atoms. The van der Waals surface area contributed by atoms with Crippen LogP contribution in [0, 0.1) is 0 Å². The number of carbonyl (C=O) groups excluding carboxylic acids is 1. The van der Waals surface area contributed by atoms with Crippen molar-refractivity contribution >= 4 is 11.6 Å². The van der Waals surface area contributed by atoms with Crippen LogP contribution in [0.1, 0.15) is 15.9 Å². The van der Waals surface area contributed by atoms with E-state index in [0.29, 0.717) is 23.6 Å². The maximum atomic E-state index is 12.2. The van der Waals surface area contributed by atoms with Gasteiger partial charge in [0.1, 0.15) is 0 Å². The molecule has 0 saturated carbocycles. The lowest BCUT2D eigenvalue weighted by molar-refractivity contribution is 0.0953. The fourth-order valence-corrected chi connectivity index (χ4v) is 2.36. The molecule has 0 aromatic heterocycles. The quantitative estimate of drug-likeness (QED) is 0.849. The van der Waals surface area contributed by atoms with E-state index in [4.69, 9.17) is 9.47 Å². The average molecular weight is 328 g/mol. The van der Waals surface area contributed by atoms with Crippen LogP contribution in [-0.4, -0.2) is 40.8 Å². The second-order valence-corrected chi connectivity index (χ2v) is 5.64. The molecule has 1 N–H and O–H groups in total. The predicted octanol–water partition coefficient (Wildman–Crippen LogP) is 2.74. The van der Waals surface area contributed by atoms with E-state index in [1.165, 1.54) is 5.56 Å². The number of carbonyl (C=O) groups is 1. The Hall–Kier alpha value is -2.69. The molecule has 5 heteroatoms. The molecule has 0 saturated heterocycles. The number of hydrogen-bond donors (Lipinski definition) is 1. The first-order valence-electron chi connectivity index (χ1n) is 7.81. The lowest BCUT2D eigenvalue weighted by Gasteiger charge is -2.13. The van der Waals surface area contributed by atoms with Gasteiger partial charge < -0.3 is 19.7 Å². The largest absolute Gasteiger partial charge is 0.493 e. The van der Waals surface area contributed by atoms with Crippen LogP contribution in [0.2, 0.25) is 0 Å². The molecule has 2 aromatic carbocycles. The number of nitrogens with one attached hydrogen (secondary N) is 1. The Morgan fingerprint density at radius 1 is 1.00 bits per heavy atom. The number of anilines is 1. The Morgan fingerprint density at radius 2 is 1.67 bits per heavy atom. The molecule has 0 atom stereocenters. The van der Waals surface area contributed by atoms with Crippen molar-refractivity contribution < 1.29 is 14.3 Å². The van der Waals surface area contributed by atoms with E-state index in [1.807, 2.05) is 14.1 Å². The summed E-state index contributed by atoms with van der Waals surface area (Å²) in [5, 5.41) is 2.93. The number of nitrogens with zero attached hydrogens (tertiary/aromatic N) is 1. The van der Waals surface area contributed by atoms with Crippen molar-refractivity contribution in [3.05, 3.63) is 53.6 Å². The van der Waals surface area contributed by atoms with Gasteiger partial charge in [-0.3, -0.25) is 4.79 Å². The number of benzene rings is 2. The first kappa shape index (κ1) is 17.7. The fourth-order valence-electron chi connectivity index (χ4n) is 2.36. The number of hydrogen-bond acceptors (Lipinski definition) is 4. The standard InChI is InChI=1S/C19H24N2O3/c1-21(2)16-8-5-14(6-9-16)11-12-20-19(22)15-7-10-17(23-3)18(13-15)24-4/h5-10,13H,11-12H2,1-4H3,(H,20,22). The van der Waals surface area contributed by atoms with E-state index in [1.54, 1.807) is 32.4 Å². The normalized spacial score (nSPS) is 10.2. The summed E-state index contributed by atoms with van der Waals surface area (Å²) in [6, 6.07) is 13.4. The van der Waals surface area contributed by atoms with Gasteiger partial charge in [0, 0.05) is 31.9 Å². The maximum Gasteiger partial charge on any atom is 0.251 e. The van der Waals surface area contributed by atoms with Gasteiger partial charge in [0.05, 0.1) is 14.2 Å². The highest BCUT2D eigenvalue weighted by atomic mass is 16.5. The van der Waals surface area contributed by atoms with Crippen molar-refractivity contribution in [1.29, 1.82) is 0 Å². The molecule has 2 aromatic rings. The highest BCUT2D eigenvalue weighted by Crippen LogP contribution is 2.27. The summed E-state index contributed by atoms with van der Waals surface area (Å²) in [5.41, 5.74) is 2.90. The van der Waals surface area contributed by atoms with Gasteiger partial charge in [-0.2, -0.15) is 0 Å². The predicted molar refractivity (Wildman–Crippen MR) is 96.4 cm³/mol. The molecular weight excluding hydrogens is 304 g/mol. The number of ether oxygens (including phenoxy) is 2. The topological polar surface area (TPSA) is 50.8 Å². The van der Waals surface area contributed by atoms with Crippen LogP contribution in [-0.2, 0) is 6.42 Å². The Balaban J connectivity index is 1.91. The highest BCUT2D eigenvalue weighted by Gasteiger charge is 2.10. The van der Waals surface area contributed by atoms with Gasteiger partial charge in [-0.05, 0) is 42.3 Å². The molecule has 5 nitrogen and oxygen atoms in total. The third-order valence-corrected chi connectivity index (χ3v) is 3.80. The van der Waals surface area contributed by atoms with Crippen molar-refractivity contribution in [2.24, 2.45) is 0 Å². The molecule has 0 aliphatic rings. The maximum absolute atomic E-state index is 12.2. The Labute approximate surface area is 143 Å². The molecule has 128 valence electrons. The average Bonchev–Trinajstić information content (AvgIpc) is 2.61. The van der Waals surface area contributed by atoms with Gasteiger partial charge in [0.2, 0.25) is 0 Å². The Bertz CT molecular complexity index is 682. The second-order valence-electron chi connectivity index (χ2n) is 5.64. The van der Waals surface area contributed by atoms with Crippen molar-refractivity contribution in [2.45, 2.75) is 6.42 Å². The van der Waals surface area contributed by atoms with Crippen LogP contribution in [0.4, 0.5) is 5.69 Å². The monoisotopic (exact) mass is 328 g/mol. The van der Waals surface area contributed by atoms with E-state index in [-0.39, 0.29) is 5.91 Å². The zero-order valence-corrected chi connectivity index (χ0v) is 14.6. The van der Waals surface area contributed by atoms with E-state index in [9.17, 15) is 4.79 Å². The highest BCUT2D eigenvalue weighted by molar-refractivity contribution is 5.94. The molecule has 0 fully saturated rings. The molecular formula is C19H24N2O3. The minimum atomic E-state index is -0.124. The lowest BCUT2D eigenvalue weighted by atomic mass is 10.1. The zero-order chi connectivity index (χ0) is 17.5. The summed E-state index contributed by atoms with van der Waals surface area (Å²) < 4.78 is 10.4. The number of methoxy groups -OCH3 is 2. The molecule has 2 rings (SSSR count). The summed E-state index contributed by atoms with van der Waals surface area (Å²) >= 11 is 0. The molecule has 1 amide bonds. The summed E-state index contributed by atoms with van der Waals surface area (Å²) in [7, 11) is 7.15. The van der Waals surface area contributed by atoms with Gasteiger partial charge in [-0.1, -0.05) is 12.1 Å². The molecule has 0 heterocycles. The van der Waals surface area contributed by atoms with Crippen molar-refractivity contribution in [2.75, 3.05) is 39.8 Å². The van der Waals surface area contributed by atoms with Gasteiger partial charge in [0.15, 0.2) is 11.5 Å². The van der Waals surface area contributed by atoms with Crippen LogP contribution >= 0.6 is 0 Å². The van der Waals surface area contributed by atoms with Crippen LogP contribution < -0.4 is 19.7 Å². The molecule has 0 unspecified atom stereocenters. The van der Waals surface area contributed by atoms with Crippen LogP contribution in [0.25, 0.3) is 0 Å². The first-order chi connectivity index (χ1) is 11.5. The fraction of sp³-hybridized carbons (Fsp3) is 0.316. The smallest absolute Gasteiger partial charge is 0.251 e. The van der Waals surface area contributed by atoms with Gasteiger partial charge in [-0.15, -0.1) is 0 Å². The molecule has 0 aliphatic carbocycles. The number of amides is 1. The number of rotatable bonds is 7. The van der Waals surface area contributed by atoms with Gasteiger partial charge >= 0.3 is 0 Å². The molecule has 0 radical (unpaired) electrons. The Morgan fingerprint density at radius 3 is 2.25 bits per heavy atom. The molecule has 0 spiro atoms. The SMILES string of the molecule is COc1ccc(C(=O)NCCc2ccc(N(C)C)cc2)cc1OC. The Kier molecular flexibility index (Phi) is 6.07. The first-order valence-corrected chi connectivity index (χ1v) is 7.81. The van der Waals surface area contributed by atoms with Crippen LogP contribution in [0.3, 0.4) is 0 Å². The minimum absolute atomic E-state index is 0.124. The van der Waals surface area contributed by atoms with Crippen molar-refractivity contribution in [1.82, 2.24) is 5.32 Å². The van der Waals surface area contributed by atoms with Gasteiger partial charge in [0.25, 0.3) is 5.91 Å². The summed E-state index contributed by atoms with van der Waals surface area (Å²) in [6.45, 7) is 0.578. The van der Waals surface area contributed by atoms with Crippen molar-refractivity contribution in [3.8, 4) is 11.5 Å². The second kappa shape index (κ2) is 8.24. The van der Waals surface area contributed by atoms with E-state index in [2.05, 4.69) is 34.5 Å². The van der Waals surface area contributed by atoms with Crippen LogP contribution in [0.15, 0.2) is 42.5 Å². The lowest BCUT2D eigenvalue weighted by Crippen LogP contribution is -2.25. The van der Waals surface area contributed by atoms with E-state index in [0.717, 1.165) is 12.1 Å². The van der Waals surface area contributed by atoms with Crippen molar-refractivity contribution in [3.63, 3.8) is 0 Å². The van der Waals surface area contributed by atoms with Crippen LogP contribution in [0.5, 0.6) is 11.5 Å².